The molecule has 2 aromatic rings. The number of hydrogen-bond acceptors (Lipinski definition) is 5. The van der Waals surface area contributed by atoms with Crippen LogP contribution in [-0.4, -0.2) is 41.1 Å². The molecular weight excluding hydrogens is 391 g/mol. The Hall–Kier alpha value is -2.00. The van der Waals surface area contributed by atoms with Crippen molar-refractivity contribution in [1.82, 2.24) is 15.4 Å². The molecule has 1 amide bonds. The van der Waals surface area contributed by atoms with Crippen molar-refractivity contribution < 1.29 is 22.5 Å². The van der Waals surface area contributed by atoms with Crippen LogP contribution in [0.1, 0.15) is 35.9 Å². The third kappa shape index (κ3) is 3.91. The maximum Gasteiger partial charge on any atom is 0.452 e. The number of carbonyl (C=O) groups excluding carboxylic acids is 1. The van der Waals surface area contributed by atoms with Crippen LogP contribution < -0.4 is 5.32 Å². The van der Waals surface area contributed by atoms with Gasteiger partial charge in [-0.05, 0) is 63.0 Å². The van der Waals surface area contributed by atoms with Gasteiger partial charge in [0.1, 0.15) is 5.03 Å². The molecule has 4 heterocycles. The SMILES string of the molecule is CC1C(NC(=O)c2ccc(Sc3cc(C(F)(F)F)on3)cc2)C2CCN1CC2. The minimum absolute atomic E-state index is 0.116. The van der Waals surface area contributed by atoms with E-state index >= 15 is 0 Å². The first-order chi connectivity index (χ1) is 13.3. The molecular formula is C19H20F3N3O2S. The summed E-state index contributed by atoms with van der Waals surface area (Å²) >= 11 is 1.05. The van der Waals surface area contributed by atoms with Gasteiger partial charge in [0, 0.05) is 28.6 Å². The molecule has 3 aliphatic rings. The van der Waals surface area contributed by atoms with Gasteiger partial charge in [-0.3, -0.25) is 9.69 Å². The topological polar surface area (TPSA) is 58.4 Å². The molecule has 0 saturated carbocycles. The van der Waals surface area contributed by atoms with E-state index in [0.717, 1.165) is 43.8 Å². The third-order valence-electron chi connectivity index (χ3n) is 5.58. The van der Waals surface area contributed by atoms with Gasteiger partial charge in [0.15, 0.2) is 0 Å². The lowest BCUT2D eigenvalue weighted by Gasteiger charge is -2.49. The standard InChI is InChI=1S/C19H20F3N3O2S/c1-11-17(12-6-8-25(11)9-7-12)23-18(26)13-2-4-14(5-3-13)28-16-10-15(27-24-16)19(20,21)22/h2-5,10-12,17H,6-9H2,1H3,(H,23,26). The number of rotatable bonds is 4. The Morgan fingerprint density at radius 3 is 2.50 bits per heavy atom. The smallest absolute Gasteiger partial charge is 0.350 e. The van der Waals surface area contributed by atoms with E-state index in [0.29, 0.717) is 22.4 Å². The van der Waals surface area contributed by atoms with Crippen LogP contribution in [0, 0.1) is 5.92 Å². The number of piperidine rings is 3. The van der Waals surface area contributed by atoms with Gasteiger partial charge in [-0.2, -0.15) is 13.2 Å². The molecule has 0 spiro atoms. The van der Waals surface area contributed by atoms with Crippen molar-refractivity contribution in [2.45, 2.75) is 47.9 Å². The summed E-state index contributed by atoms with van der Waals surface area (Å²) in [7, 11) is 0. The van der Waals surface area contributed by atoms with Gasteiger partial charge < -0.3 is 9.84 Å². The average molecular weight is 411 g/mol. The number of carbonyl (C=O) groups is 1. The van der Waals surface area contributed by atoms with E-state index in [2.05, 4.69) is 26.8 Å². The average Bonchev–Trinajstić information content (AvgIpc) is 3.14. The van der Waals surface area contributed by atoms with Crippen LogP contribution in [0.3, 0.4) is 0 Å². The van der Waals surface area contributed by atoms with Gasteiger partial charge in [-0.25, -0.2) is 0 Å². The molecule has 5 rings (SSSR count). The van der Waals surface area contributed by atoms with Crippen molar-refractivity contribution in [3.63, 3.8) is 0 Å². The molecule has 5 nitrogen and oxygen atoms in total. The lowest BCUT2D eigenvalue weighted by atomic mass is 9.79. The predicted molar refractivity (Wildman–Crippen MR) is 97.1 cm³/mol. The predicted octanol–water partition coefficient (Wildman–Crippen LogP) is 4.06. The summed E-state index contributed by atoms with van der Waals surface area (Å²) in [6.07, 6.45) is -2.33. The fourth-order valence-electron chi connectivity index (χ4n) is 4.02. The zero-order chi connectivity index (χ0) is 19.9. The van der Waals surface area contributed by atoms with Gasteiger partial charge in [-0.1, -0.05) is 16.9 Å². The Bertz CT molecular complexity index is 843. The molecule has 3 aliphatic heterocycles. The number of halogens is 3. The number of hydrogen-bond donors (Lipinski definition) is 1. The molecule has 150 valence electrons. The van der Waals surface area contributed by atoms with Crippen molar-refractivity contribution in [3.05, 3.63) is 41.7 Å². The lowest BCUT2D eigenvalue weighted by Crippen LogP contribution is -2.62. The molecule has 28 heavy (non-hydrogen) atoms. The maximum absolute atomic E-state index is 12.6. The quantitative estimate of drug-likeness (QED) is 0.822. The Kier molecular flexibility index (Phi) is 5.13. The Morgan fingerprint density at radius 1 is 1.25 bits per heavy atom. The van der Waals surface area contributed by atoms with Crippen LogP contribution in [0.4, 0.5) is 13.2 Å². The van der Waals surface area contributed by atoms with E-state index in [1.807, 2.05) is 0 Å². The van der Waals surface area contributed by atoms with Crippen molar-refractivity contribution in [2.24, 2.45) is 5.92 Å². The van der Waals surface area contributed by atoms with Crippen molar-refractivity contribution in [3.8, 4) is 0 Å². The second-order valence-corrected chi connectivity index (χ2v) is 8.36. The first-order valence-electron chi connectivity index (χ1n) is 9.18. The van der Waals surface area contributed by atoms with Crippen molar-refractivity contribution in [1.29, 1.82) is 0 Å². The number of benzene rings is 1. The fourth-order valence-corrected chi connectivity index (χ4v) is 4.77. The highest BCUT2D eigenvalue weighted by Gasteiger charge is 2.40. The Balaban J connectivity index is 1.39. The van der Waals surface area contributed by atoms with Gasteiger partial charge >= 0.3 is 6.18 Å². The first-order valence-corrected chi connectivity index (χ1v) is 9.99. The normalized spacial score (nSPS) is 27.0. The van der Waals surface area contributed by atoms with Crippen LogP contribution in [0.5, 0.6) is 0 Å². The van der Waals surface area contributed by atoms with E-state index in [9.17, 15) is 18.0 Å². The third-order valence-corrected chi connectivity index (χ3v) is 6.49. The van der Waals surface area contributed by atoms with Gasteiger partial charge in [-0.15, -0.1) is 0 Å². The van der Waals surface area contributed by atoms with Gasteiger partial charge in [0.05, 0.1) is 0 Å². The number of alkyl halides is 3. The number of amides is 1. The molecule has 3 fully saturated rings. The summed E-state index contributed by atoms with van der Waals surface area (Å²) in [5.74, 6) is -0.727. The molecule has 3 saturated heterocycles. The molecule has 1 N–H and O–H groups in total. The second kappa shape index (κ2) is 7.44. The number of nitrogens with zero attached hydrogens (tertiary/aromatic N) is 2. The van der Waals surface area contributed by atoms with Crippen LogP contribution >= 0.6 is 11.8 Å². The molecule has 0 aliphatic carbocycles. The van der Waals surface area contributed by atoms with E-state index in [4.69, 9.17) is 0 Å². The molecule has 2 atom stereocenters. The summed E-state index contributed by atoms with van der Waals surface area (Å²) in [6, 6.07) is 8.09. The molecule has 1 aromatic heterocycles. The number of nitrogens with one attached hydrogen (secondary N) is 1. The van der Waals surface area contributed by atoms with Crippen molar-refractivity contribution >= 4 is 17.7 Å². The van der Waals surface area contributed by atoms with Gasteiger partial charge in [0.25, 0.3) is 5.91 Å². The Morgan fingerprint density at radius 2 is 1.93 bits per heavy atom. The molecule has 2 bridgehead atoms. The largest absolute Gasteiger partial charge is 0.452 e. The van der Waals surface area contributed by atoms with E-state index in [1.54, 1.807) is 24.3 Å². The summed E-state index contributed by atoms with van der Waals surface area (Å²) < 4.78 is 42.0. The van der Waals surface area contributed by atoms with E-state index in [1.165, 1.54) is 0 Å². The van der Waals surface area contributed by atoms with Crippen molar-refractivity contribution in [2.75, 3.05) is 13.1 Å². The summed E-state index contributed by atoms with van der Waals surface area (Å²) in [5, 5.41) is 6.71. The van der Waals surface area contributed by atoms with Gasteiger partial charge in [0.2, 0.25) is 5.76 Å². The molecule has 2 unspecified atom stereocenters. The second-order valence-electron chi connectivity index (χ2n) is 7.27. The molecule has 9 heteroatoms. The summed E-state index contributed by atoms with van der Waals surface area (Å²) in [6.45, 7) is 4.35. The monoisotopic (exact) mass is 411 g/mol. The van der Waals surface area contributed by atoms with Crippen LogP contribution in [0.2, 0.25) is 0 Å². The van der Waals surface area contributed by atoms with Crippen LogP contribution in [0.25, 0.3) is 0 Å². The highest BCUT2D eigenvalue weighted by molar-refractivity contribution is 7.99. The molecule has 0 radical (unpaired) electrons. The van der Waals surface area contributed by atoms with Crippen LogP contribution in [0.15, 0.2) is 44.8 Å². The first kappa shape index (κ1) is 19.3. The highest BCUT2D eigenvalue weighted by Crippen LogP contribution is 2.35. The maximum atomic E-state index is 12.6. The lowest BCUT2D eigenvalue weighted by molar-refractivity contribution is -0.155. The number of fused-ring (bicyclic) bond motifs is 3. The van der Waals surface area contributed by atoms with Crippen LogP contribution in [-0.2, 0) is 6.18 Å². The highest BCUT2D eigenvalue weighted by atomic mass is 32.2. The van der Waals surface area contributed by atoms with E-state index in [-0.39, 0.29) is 17.0 Å². The Labute approximate surface area is 164 Å². The summed E-state index contributed by atoms with van der Waals surface area (Å²) in [5.41, 5.74) is 0.532. The van der Waals surface area contributed by atoms with E-state index < -0.39 is 11.9 Å². The fraction of sp³-hybridized carbons (Fsp3) is 0.474. The minimum Gasteiger partial charge on any atom is -0.350 e. The summed E-state index contributed by atoms with van der Waals surface area (Å²) in [4.78, 5) is 15.7. The zero-order valence-corrected chi connectivity index (χ0v) is 16.0. The molecule has 1 aromatic carbocycles. The number of aromatic nitrogens is 1. The zero-order valence-electron chi connectivity index (χ0n) is 15.2. The minimum atomic E-state index is -4.56.